The van der Waals surface area contributed by atoms with Crippen LogP contribution in [0.4, 0.5) is 0 Å². The van der Waals surface area contributed by atoms with Gasteiger partial charge in [0, 0.05) is 38.8 Å². The van der Waals surface area contributed by atoms with Crippen molar-refractivity contribution < 1.29 is 4.74 Å². The highest BCUT2D eigenvalue weighted by molar-refractivity contribution is 4.79. The molecule has 64 valence electrons. The van der Waals surface area contributed by atoms with Crippen LogP contribution < -0.4 is 5.32 Å². The fourth-order valence-corrected chi connectivity index (χ4v) is 1.86. The van der Waals surface area contributed by atoms with Crippen LogP contribution in [0.5, 0.6) is 0 Å². The maximum Gasteiger partial charge on any atom is 0.0622 e. The summed E-state index contributed by atoms with van der Waals surface area (Å²) in [6.07, 6.45) is 1.24. The topological polar surface area (TPSA) is 24.5 Å². The van der Waals surface area contributed by atoms with Gasteiger partial charge in [-0.3, -0.25) is 4.90 Å². The van der Waals surface area contributed by atoms with Gasteiger partial charge in [0.1, 0.15) is 0 Å². The first kappa shape index (κ1) is 7.53. The van der Waals surface area contributed by atoms with E-state index >= 15 is 0 Å². The Balaban J connectivity index is 1.82. The van der Waals surface area contributed by atoms with Gasteiger partial charge in [0.15, 0.2) is 0 Å². The Labute approximate surface area is 67.7 Å². The Morgan fingerprint density at radius 3 is 2.73 bits per heavy atom. The van der Waals surface area contributed by atoms with Gasteiger partial charge in [0.2, 0.25) is 0 Å². The second-order valence-electron chi connectivity index (χ2n) is 3.30. The van der Waals surface area contributed by atoms with Gasteiger partial charge in [0.25, 0.3) is 0 Å². The molecule has 0 saturated carbocycles. The van der Waals surface area contributed by atoms with Crippen molar-refractivity contribution in [1.29, 1.82) is 0 Å². The molecule has 0 aromatic heterocycles. The van der Waals surface area contributed by atoms with Crippen molar-refractivity contribution in [2.24, 2.45) is 0 Å². The third-order valence-corrected chi connectivity index (χ3v) is 2.57. The summed E-state index contributed by atoms with van der Waals surface area (Å²) < 4.78 is 5.35. The molecule has 2 fully saturated rings. The second kappa shape index (κ2) is 3.52. The first-order valence-corrected chi connectivity index (χ1v) is 4.49. The Morgan fingerprint density at radius 2 is 2.09 bits per heavy atom. The molecule has 1 atom stereocenters. The van der Waals surface area contributed by atoms with E-state index in [0.717, 1.165) is 32.3 Å². The molecule has 0 spiro atoms. The minimum absolute atomic E-state index is 0.720. The van der Waals surface area contributed by atoms with Crippen molar-refractivity contribution in [3.63, 3.8) is 0 Å². The zero-order chi connectivity index (χ0) is 7.52. The molecule has 0 unspecified atom stereocenters. The van der Waals surface area contributed by atoms with E-state index in [2.05, 4.69) is 10.2 Å². The van der Waals surface area contributed by atoms with Crippen molar-refractivity contribution in [3.05, 3.63) is 0 Å². The molecule has 0 aromatic carbocycles. The molecular weight excluding hydrogens is 140 g/mol. The van der Waals surface area contributed by atoms with Gasteiger partial charge in [-0.15, -0.1) is 0 Å². The van der Waals surface area contributed by atoms with Gasteiger partial charge in [-0.25, -0.2) is 0 Å². The largest absolute Gasteiger partial charge is 0.380 e. The Bertz CT molecular complexity index is 117. The van der Waals surface area contributed by atoms with Crippen LogP contribution in [0, 0.1) is 0 Å². The van der Waals surface area contributed by atoms with Crippen molar-refractivity contribution in [2.45, 2.75) is 12.5 Å². The average Bonchev–Trinajstić information content (AvgIpc) is 2.58. The van der Waals surface area contributed by atoms with Crippen LogP contribution in [0.2, 0.25) is 0 Å². The molecule has 1 N–H and O–H groups in total. The highest BCUT2D eigenvalue weighted by Crippen LogP contribution is 2.12. The van der Waals surface area contributed by atoms with Crippen LogP contribution in [-0.2, 0) is 4.74 Å². The molecule has 11 heavy (non-hydrogen) atoms. The first-order chi connectivity index (χ1) is 5.47. The fraction of sp³-hybridized carbons (Fsp3) is 1.00. The van der Waals surface area contributed by atoms with Gasteiger partial charge in [-0.05, 0) is 6.42 Å². The number of rotatable bonds is 1. The van der Waals surface area contributed by atoms with Gasteiger partial charge < -0.3 is 10.1 Å². The monoisotopic (exact) mass is 156 g/mol. The highest BCUT2D eigenvalue weighted by Gasteiger charge is 2.23. The van der Waals surface area contributed by atoms with Gasteiger partial charge >= 0.3 is 0 Å². The molecular formula is C8H16N2O. The lowest BCUT2D eigenvalue weighted by Crippen LogP contribution is -2.48. The number of ether oxygens (including phenoxy) is 1. The Hall–Kier alpha value is -0.120. The number of hydrogen-bond donors (Lipinski definition) is 1. The van der Waals surface area contributed by atoms with Crippen molar-refractivity contribution in [3.8, 4) is 0 Å². The predicted molar refractivity (Wildman–Crippen MR) is 43.7 cm³/mol. The van der Waals surface area contributed by atoms with Crippen LogP contribution in [0.3, 0.4) is 0 Å². The summed E-state index contributed by atoms with van der Waals surface area (Å²) in [6.45, 7) is 6.63. The van der Waals surface area contributed by atoms with Crippen molar-refractivity contribution >= 4 is 0 Å². The van der Waals surface area contributed by atoms with Crippen LogP contribution in [0.15, 0.2) is 0 Å². The third kappa shape index (κ3) is 1.72. The van der Waals surface area contributed by atoms with E-state index in [0.29, 0.717) is 0 Å². The molecule has 0 amide bonds. The summed E-state index contributed by atoms with van der Waals surface area (Å²) >= 11 is 0. The van der Waals surface area contributed by atoms with Gasteiger partial charge in [0.05, 0.1) is 6.61 Å². The van der Waals surface area contributed by atoms with E-state index in [9.17, 15) is 0 Å². The second-order valence-corrected chi connectivity index (χ2v) is 3.30. The molecule has 2 aliphatic heterocycles. The summed E-state index contributed by atoms with van der Waals surface area (Å²) in [4.78, 5) is 2.55. The normalized spacial score (nSPS) is 34.4. The lowest BCUT2D eigenvalue weighted by atomic mass is 10.2. The lowest BCUT2D eigenvalue weighted by molar-refractivity contribution is 0.133. The summed E-state index contributed by atoms with van der Waals surface area (Å²) in [5, 5.41) is 3.36. The first-order valence-electron chi connectivity index (χ1n) is 4.49. The third-order valence-electron chi connectivity index (χ3n) is 2.57. The van der Waals surface area contributed by atoms with E-state index in [1.807, 2.05) is 0 Å². The van der Waals surface area contributed by atoms with Crippen LogP contribution >= 0.6 is 0 Å². The van der Waals surface area contributed by atoms with Crippen LogP contribution in [-0.4, -0.2) is 50.3 Å². The molecule has 2 saturated heterocycles. The molecule has 0 aromatic rings. The van der Waals surface area contributed by atoms with Crippen molar-refractivity contribution in [2.75, 3.05) is 39.4 Å². The van der Waals surface area contributed by atoms with Crippen molar-refractivity contribution in [1.82, 2.24) is 10.2 Å². The molecule has 0 radical (unpaired) electrons. The minimum Gasteiger partial charge on any atom is -0.380 e. The zero-order valence-corrected chi connectivity index (χ0v) is 6.88. The SMILES string of the molecule is C1CN([C@H]2CCOC2)CCN1. The van der Waals surface area contributed by atoms with Crippen LogP contribution in [0.1, 0.15) is 6.42 Å². The average molecular weight is 156 g/mol. The van der Waals surface area contributed by atoms with E-state index < -0.39 is 0 Å². The molecule has 2 rings (SSSR count). The maximum absolute atomic E-state index is 5.35. The van der Waals surface area contributed by atoms with Gasteiger partial charge in [-0.1, -0.05) is 0 Å². The molecule has 3 nitrogen and oxygen atoms in total. The van der Waals surface area contributed by atoms with E-state index in [-0.39, 0.29) is 0 Å². The quantitative estimate of drug-likeness (QED) is 0.563. The van der Waals surface area contributed by atoms with E-state index in [1.165, 1.54) is 19.5 Å². The zero-order valence-electron chi connectivity index (χ0n) is 6.88. The highest BCUT2D eigenvalue weighted by atomic mass is 16.5. The smallest absolute Gasteiger partial charge is 0.0622 e. The summed E-state index contributed by atoms with van der Waals surface area (Å²) in [5.41, 5.74) is 0. The Morgan fingerprint density at radius 1 is 1.27 bits per heavy atom. The minimum atomic E-state index is 0.720. The molecule has 2 aliphatic rings. The number of hydrogen-bond acceptors (Lipinski definition) is 3. The van der Waals surface area contributed by atoms with E-state index in [1.54, 1.807) is 0 Å². The molecule has 3 heteroatoms. The standard InChI is InChI=1S/C8H16N2O/c1-6-11-7-8(1)10-4-2-9-3-5-10/h8-9H,1-7H2/t8-/m0/s1. The number of nitrogens with zero attached hydrogens (tertiary/aromatic N) is 1. The summed E-state index contributed by atoms with van der Waals surface area (Å²) in [5.74, 6) is 0. The predicted octanol–water partition coefficient (Wildman–Crippen LogP) is -0.319. The molecule has 2 heterocycles. The van der Waals surface area contributed by atoms with E-state index in [4.69, 9.17) is 4.74 Å². The molecule has 0 aliphatic carbocycles. The van der Waals surface area contributed by atoms with Crippen LogP contribution in [0.25, 0.3) is 0 Å². The number of piperazine rings is 1. The lowest BCUT2D eigenvalue weighted by Gasteiger charge is -2.31. The van der Waals surface area contributed by atoms with Gasteiger partial charge in [-0.2, -0.15) is 0 Å². The Kier molecular flexibility index (Phi) is 2.41. The fourth-order valence-electron chi connectivity index (χ4n) is 1.86. The number of nitrogens with one attached hydrogen (secondary N) is 1. The molecule has 0 bridgehead atoms. The maximum atomic E-state index is 5.35. The summed E-state index contributed by atoms with van der Waals surface area (Å²) in [6, 6.07) is 0.720. The summed E-state index contributed by atoms with van der Waals surface area (Å²) in [7, 11) is 0.